The summed E-state index contributed by atoms with van der Waals surface area (Å²) in [6.45, 7) is 0.405. The molecule has 5 rings (SSSR count). The Hall–Kier alpha value is -3.96. The van der Waals surface area contributed by atoms with Crippen LogP contribution in [0.25, 0.3) is 22.6 Å². The molecule has 0 radical (unpaired) electrons. The summed E-state index contributed by atoms with van der Waals surface area (Å²) in [4.78, 5) is 25.4. The number of benzene rings is 2. The highest BCUT2D eigenvalue weighted by atomic mass is 19.1. The fourth-order valence-corrected chi connectivity index (χ4v) is 4.03. The third kappa shape index (κ3) is 4.43. The van der Waals surface area contributed by atoms with Gasteiger partial charge in [-0.25, -0.2) is 23.7 Å². The van der Waals surface area contributed by atoms with E-state index in [9.17, 15) is 18.7 Å². The van der Waals surface area contributed by atoms with E-state index in [1.54, 1.807) is 4.57 Å². The highest BCUT2D eigenvalue weighted by molar-refractivity contribution is 5.85. The van der Waals surface area contributed by atoms with Gasteiger partial charge >= 0.3 is 0 Å². The molecule has 3 heterocycles. The molecule has 2 aromatic heterocycles. The summed E-state index contributed by atoms with van der Waals surface area (Å²) in [5, 5.41) is 16.0. The second-order valence-electron chi connectivity index (χ2n) is 8.11. The number of imidazole rings is 1. The fourth-order valence-electron chi connectivity index (χ4n) is 4.03. The van der Waals surface area contributed by atoms with Crippen molar-refractivity contribution < 1.29 is 23.4 Å². The number of nitrogens with one attached hydrogen (secondary N) is 2. The minimum Gasteiger partial charge on any atom is -0.390 e. The van der Waals surface area contributed by atoms with Gasteiger partial charge in [0.15, 0.2) is 28.9 Å². The molecule has 3 atom stereocenters. The molecule has 11 heteroatoms. The molecule has 0 aliphatic carbocycles. The van der Waals surface area contributed by atoms with Crippen molar-refractivity contribution in [2.24, 2.45) is 0 Å². The quantitative estimate of drug-likeness (QED) is 0.389. The van der Waals surface area contributed by atoms with Gasteiger partial charge in [0.2, 0.25) is 0 Å². The standard InChI is InChI=1S/C24H22F2N6O3/c1-27-24(34)20-17(33)10-18(35-20)32-12-29-19-22(28-11-13-5-3-2-4-6-13)30-21(31-23(19)32)15-9-14(25)7-8-16(15)26/h2-9,12,17-18,20,33H,10-11H2,1H3,(H,27,34)(H,28,30,31)/t17-,18+,20-/m0/s1. The maximum atomic E-state index is 14.6. The number of anilines is 1. The summed E-state index contributed by atoms with van der Waals surface area (Å²) in [6, 6.07) is 12.6. The van der Waals surface area contributed by atoms with Crippen LogP contribution in [0.5, 0.6) is 0 Å². The number of fused-ring (bicyclic) bond motifs is 1. The van der Waals surface area contributed by atoms with Crippen molar-refractivity contribution in [2.75, 3.05) is 12.4 Å². The second-order valence-corrected chi connectivity index (χ2v) is 8.11. The van der Waals surface area contributed by atoms with Gasteiger partial charge in [0.25, 0.3) is 5.91 Å². The van der Waals surface area contributed by atoms with E-state index in [1.807, 2.05) is 30.3 Å². The zero-order chi connectivity index (χ0) is 24.5. The molecule has 4 aromatic rings. The minimum atomic E-state index is -1.06. The third-order valence-corrected chi connectivity index (χ3v) is 5.80. The van der Waals surface area contributed by atoms with Crippen LogP contribution >= 0.6 is 0 Å². The summed E-state index contributed by atoms with van der Waals surface area (Å²) in [5.41, 5.74) is 1.53. The van der Waals surface area contributed by atoms with Crippen LogP contribution in [0.15, 0.2) is 54.9 Å². The second kappa shape index (κ2) is 9.35. The van der Waals surface area contributed by atoms with Crippen LogP contribution in [0.4, 0.5) is 14.6 Å². The van der Waals surface area contributed by atoms with E-state index in [1.165, 1.54) is 13.4 Å². The maximum absolute atomic E-state index is 14.6. The lowest BCUT2D eigenvalue weighted by atomic mass is 10.1. The number of likely N-dealkylation sites (N-methyl/N-ethyl adjacent to an activating group) is 1. The van der Waals surface area contributed by atoms with Gasteiger partial charge in [-0.05, 0) is 23.8 Å². The maximum Gasteiger partial charge on any atom is 0.251 e. The number of carbonyl (C=O) groups is 1. The van der Waals surface area contributed by atoms with Gasteiger partial charge in [0, 0.05) is 20.0 Å². The number of carbonyl (C=O) groups excluding carboxylic acids is 1. The number of amides is 1. The smallest absolute Gasteiger partial charge is 0.251 e. The van der Waals surface area contributed by atoms with Crippen LogP contribution in [-0.4, -0.2) is 49.8 Å². The molecule has 3 N–H and O–H groups in total. The summed E-state index contributed by atoms with van der Waals surface area (Å²) in [7, 11) is 1.45. The number of hydrogen-bond donors (Lipinski definition) is 3. The largest absolute Gasteiger partial charge is 0.390 e. The van der Waals surface area contributed by atoms with Crippen LogP contribution in [0.3, 0.4) is 0 Å². The summed E-state index contributed by atoms with van der Waals surface area (Å²) in [5.74, 6) is -1.50. The first kappa shape index (κ1) is 22.8. The summed E-state index contributed by atoms with van der Waals surface area (Å²) < 4.78 is 35.9. The van der Waals surface area contributed by atoms with Gasteiger partial charge in [0.05, 0.1) is 18.0 Å². The van der Waals surface area contributed by atoms with E-state index in [4.69, 9.17) is 4.74 Å². The Morgan fingerprint density at radius 1 is 1.20 bits per heavy atom. The number of aromatic nitrogens is 4. The molecule has 35 heavy (non-hydrogen) atoms. The van der Waals surface area contributed by atoms with Crippen molar-refractivity contribution in [2.45, 2.75) is 31.4 Å². The Morgan fingerprint density at radius 2 is 2.00 bits per heavy atom. The van der Waals surface area contributed by atoms with Crippen molar-refractivity contribution in [1.29, 1.82) is 0 Å². The zero-order valence-corrected chi connectivity index (χ0v) is 18.7. The van der Waals surface area contributed by atoms with Gasteiger partial charge in [-0.15, -0.1) is 0 Å². The van der Waals surface area contributed by atoms with Crippen LogP contribution < -0.4 is 10.6 Å². The molecule has 0 unspecified atom stereocenters. The van der Waals surface area contributed by atoms with E-state index in [-0.39, 0.29) is 23.5 Å². The van der Waals surface area contributed by atoms with Crippen LogP contribution in [0.2, 0.25) is 0 Å². The molecular formula is C24H22F2N6O3. The average molecular weight is 480 g/mol. The highest BCUT2D eigenvalue weighted by Crippen LogP contribution is 2.33. The Balaban J connectivity index is 1.58. The van der Waals surface area contributed by atoms with Gasteiger partial charge < -0.3 is 20.5 Å². The van der Waals surface area contributed by atoms with Crippen molar-refractivity contribution in [3.05, 3.63) is 72.1 Å². The zero-order valence-electron chi connectivity index (χ0n) is 18.7. The first-order chi connectivity index (χ1) is 16.9. The molecule has 1 fully saturated rings. The van der Waals surface area contributed by atoms with E-state index < -0.39 is 36.0 Å². The third-order valence-electron chi connectivity index (χ3n) is 5.80. The highest BCUT2D eigenvalue weighted by Gasteiger charge is 2.40. The van der Waals surface area contributed by atoms with Gasteiger partial charge in [-0.2, -0.15) is 0 Å². The Morgan fingerprint density at radius 3 is 2.77 bits per heavy atom. The first-order valence-corrected chi connectivity index (χ1v) is 11.0. The Kier molecular flexibility index (Phi) is 6.10. The molecule has 1 saturated heterocycles. The summed E-state index contributed by atoms with van der Waals surface area (Å²) >= 11 is 0. The number of hydrogen-bond acceptors (Lipinski definition) is 7. The lowest BCUT2D eigenvalue weighted by Crippen LogP contribution is -2.38. The van der Waals surface area contributed by atoms with E-state index in [2.05, 4.69) is 25.6 Å². The molecule has 0 bridgehead atoms. The molecule has 1 aliphatic rings. The van der Waals surface area contributed by atoms with E-state index >= 15 is 0 Å². The van der Waals surface area contributed by atoms with Crippen molar-refractivity contribution >= 4 is 22.9 Å². The number of aliphatic hydroxyl groups excluding tert-OH is 1. The van der Waals surface area contributed by atoms with E-state index in [0.29, 0.717) is 17.9 Å². The first-order valence-electron chi connectivity index (χ1n) is 11.0. The van der Waals surface area contributed by atoms with Gasteiger partial charge in [-0.1, -0.05) is 30.3 Å². The van der Waals surface area contributed by atoms with Crippen molar-refractivity contribution in [1.82, 2.24) is 24.8 Å². The lowest BCUT2D eigenvalue weighted by Gasteiger charge is -2.15. The van der Waals surface area contributed by atoms with Crippen LogP contribution in [-0.2, 0) is 16.1 Å². The van der Waals surface area contributed by atoms with Gasteiger partial charge in [0.1, 0.15) is 17.9 Å². The van der Waals surface area contributed by atoms with Crippen molar-refractivity contribution in [3.63, 3.8) is 0 Å². The molecule has 180 valence electrons. The minimum absolute atomic E-state index is 0.0480. The lowest BCUT2D eigenvalue weighted by molar-refractivity contribution is -0.137. The predicted octanol–water partition coefficient (Wildman–Crippen LogP) is 2.78. The number of aliphatic hydroxyl groups is 1. The predicted molar refractivity (Wildman–Crippen MR) is 123 cm³/mol. The summed E-state index contributed by atoms with van der Waals surface area (Å²) in [6.07, 6.45) is -1.26. The van der Waals surface area contributed by atoms with Crippen LogP contribution in [0.1, 0.15) is 18.2 Å². The SMILES string of the molecule is CNC(=O)[C@H]1O[C@@H](n2cnc3c(NCc4ccccc4)nc(-c4cc(F)ccc4F)nc32)C[C@@H]1O. The molecule has 0 spiro atoms. The Bertz CT molecular complexity index is 1380. The number of nitrogens with zero attached hydrogens (tertiary/aromatic N) is 4. The van der Waals surface area contributed by atoms with Gasteiger partial charge in [-0.3, -0.25) is 9.36 Å². The normalized spacial score (nSPS) is 19.7. The number of rotatable bonds is 6. The molecule has 1 aliphatic heterocycles. The molecule has 1 amide bonds. The fraction of sp³-hybridized carbons (Fsp3) is 0.250. The molecule has 9 nitrogen and oxygen atoms in total. The van der Waals surface area contributed by atoms with Crippen LogP contribution in [0, 0.1) is 11.6 Å². The van der Waals surface area contributed by atoms with E-state index in [0.717, 1.165) is 23.8 Å². The number of halogens is 2. The average Bonchev–Trinajstić information content (AvgIpc) is 3.47. The topological polar surface area (TPSA) is 114 Å². The number of ether oxygens (including phenoxy) is 1. The molecular weight excluding hydrogens is 458 g/mol. The van der Waals surface area contributed by atoms with Crippen molar-refractivity contribution in [3.8, 4) is 11.4 Å². The molecule has 0 saturated carbocycles. The molecule has 2 aromatic carbocycles. The monoisotopic (exact) mass is 480 g/mol. The Labute approximate surface area is 198 Å².